The van der Waals surface area contributed by atoms with E-state index in [1.807, 2.05) is 6.07 Å². The molecule has 1 rings (SSSR count). The van der Waals surface area contributed by atoms with Crippen molar-refractivity contribution in [2.75, 3.05) is 5.32 Å². The van der Waals surface area contributed by atoms with Gasteiger partial charge in [-0.1, -0.05) is 0 Å². The van der Waals surface area contributed by atoms with Gasteiger partial charge < -0.3 is 5.32 Å². The topological polar surface area (TPSA) is 35.8 Å². The molecule has 86 valence electrons. The summed E-state index contributed by atoms with van der Waals surface area (Å²) in [5.74, 6) is 0. The maximum atomic E-state index is 12.4. The van der Waals surface area contributed by atoms with Crippen molar-refractivity contribution in [2.45, 2.75) is 19.1 Å². The lowest BCUT2D eigenvalue weighted by atomic mass is 10.2. The van der Waals surface area contributed by atoms with Crippen molar-refractivity contribution in [2.24, 2.45) is 0 Å². The molecule has 1 atom stereocenters. The fourth-order valence-corrected chi connectivity index (χ4v) is 1.44. The molecule has 16 heavy (non-hydrogen) atoms. The first-order valence-corrected chi connectivity index (χ1v) is 5.17. The quantitative estimate of drug-likeness (QED) is 0.900. The number of rotatable bonds is 2. The van der Waals surface area contributed by atoms with Crippen LogP contribution in [0.4, 0.5) is 18.9 Å². The molecule has 0 radical (unpaired) electrons. The van der Waals surface area contributed by atoms with E-state index in [0.29, 0.717) is 4.47 Å². The minimum atomic E-state index is -4.38. The number of hydrogen-bond acceptors (Lipinski definition) is 2. The van der Waals surface area contributed by atoms with Crippen LogP contribution in [0.3, 0.4) is 0 Å². The molecular formula is C10H8BrF3N2. The van der Waals surface area contributed by atoms with Gasteiger partial charge in [-0.25, -0.2) is 0 Å². The summed E-state index contributed by atoms with van der Waals surface area (Å²) in [5.41, 5.74) is -0.493. The number of nitrogens with zero attached hydrogens (tertiary/aromatic N) is 1. The van der Waals surface area contributed by atoms with Crippen LogP contribution < -0.4 is 5.32 Å². The third-order valence-electron chi connectivity index (χ3n) is 1.86. The van der Waals surface area contributed by atoms with Gasteiger partial charge in [-0.15, -0.1) is 0 Å². The van der Waals surface area contributed by atoms with Crippen LogP contribution in [0.1, 0.15) is 12.5 Å². The molecule has 1 N–H and O–H groups in total. The maximum absolute atomic E-state index is 12.4. The minimum Gasteiger partial charge on any atom is -0.369 e. The van der Waals surface area contributed by atoms with Gasteiger partial charge in [-0.3, -0.25) is 0 Å². The Balaban J connectivity index is 3.05. The summed E-state index contributed by atoms with van der Waals surface area (Å²) in [4.78, 5) is 0. The predicted molar refractivity (Wildman–Crippen MR) is 57.8 cm³/mol. The maximum Gasteiger partial charge on any atom is 0.416 e. The number of nitriles is 1. The molecule has 0 heterocycles. The van der Waals surface area contributed by atoms with E-state index >= 15 is 0 Å². The van der Waals surface area contributed by atoms with Crippen molar-refractivity contribution in [3.8, 4) is 6.07 Å². The molecule has 0 aliphatic carbocycles. The van der Waals surface area contributed by atoms with Gasteiger partial charge in [0.1, 0.15) is 6.04 Å². The molecule has 1 unspecified atom stereocenters. The molecule has 1 aromatic carbocycles. The Kier molecular flexibility index (Phi) is 3.81. The Morgan fingerprint density at radius 3 is 2.56 bits per heavy atom. The lowest BCUT2D eigenvalue weighted by Gasteiger charge is -2.13. The normalized spacial score (nSPS) is 13.0. The van der Waals surface area contributed by atoms with Crippen molar-refractivity contribution in [3.63, 3.8) is 0 Å². The highest BCUT2D eigenvalue weighted by Gasteiger charge is 2.30. The highest BCUT2D eigenvalue weighted by atomic mass is 79.9. The van der Waals surface area contributed by atoms with E-state index in [-0.39, 0.29) is 5.69 Å². The molecule has 0 saturated carbocycles. The van der Waals surface area contributed by atoms with Crippen molar-refractivity contribution >= 4 is 21.6 Å². The van der Waals surface area contributed by atoms with Crippen molar-refractivity contribution < 1.29 is 13.2 Å². The fraction of sp³-hybridized carbons (Fsp3) is 0.300. The van der Waals surface area contributed by atoms with Crippen molar-refractivity contribution in [1.82, 2.24) is 0 Å². The van der Waals surface area contributed by atoms with Crippen LogP contribution in [0.15, 0.2) is 22.7 Å². The zero-order valence-corrected chi connectivity index (χ0v) is 9.85. The largest absolute Gasteiger partial charge is 0.416 e. The van der Waals surface area contributed by atoms with Gasteiger partial charge in [-0.2, -0.15) is 18.4 Å². The van der Waals surface area contributed by atoms with Crippen molar-refractivity contribution in [3.05, 3.63) is 28.2 Å². The highest BCUT2D eigenvalue weighted by molar-refractivity contribution is 9.10. The van der Waals surface area contributed by atoms with Crippen LogP contribution in [-0.4, -0.2) is 6.04 Å². The molecule has 0 aromatic heterocycles. The molecule has 0 bridgehead atoms. The number of hydrogen-bond donors (Lipinski definition) is 1. The highest BCUT2D eigenvalue weighted by Crippen LogP contribution is 2.34. The summed E-state index contributed by atoms with van der Waals surface area (Å²) in [6.07, 6.45) is -4.38. The van der Waals surface area contributed by atoms with Gasteiger partial charge in [0.25, 0.3) is 0 Å². The van der Waals surface area contributed by atoms with Gasteiger partial charge in [0.2, 0.25) is 0 Å². The first-order valence-electron chi connectivity index (χ1n) is 4.37. The second kappa shape index (κ2) is 4.74. The molecule has 1 aromatic rings. The zero-order valence-electron chi connectivity index (χ0n) is 8.27. The average molecular weight is 293 g/mol. The number of alkyl halides is 3. The van der Waals surface area contributed by atoms with Gasteiger partial charge in [-0.05, 0) is 41.1 Å². The van der Waals surface area contributed by atoms with E-state index in [1.165, 1.54) is 6.07 Å². The van der Waals surface area contributed by atoms with Gasteiger partial charge in [0.05, 0.1) is 17.3 Å². The van der Waals surface area contributed by atoms with E-state index < -0.39 is 17.8 Å². The number of benzene rings is 1. The van der Waals surface area contributed by atoms with E-state index in [1.54, 1.807) is 6.92 Å². The summed E-state index contributed by atoms with van der Waals surface area (Å²) >= 11 is 3.12. The molecule has 0 spiro atoms. The lowest BCUT2D eigenvalue weighted by molar-refractivity contribution is -0.137. The first kappa shape index (κ1) is 12.8. The van der Waals surface area contributed by atoms with Crippen LogP contribution in [0.25, 0.3) is 0 Å². The van der Waals surface area contributed by atoms with E-state index in [0.717, 1.165) is 12.1 Å². The summed E-state index contributed by atoms with van der Waals surface area (Å²) < 4.78 is 37.7. The fourth-order valence-electron chi connectivity index (χ4n) is 1.08. The molecule has 0 aliphatic heterocycles. The third kappa shape index (κ3) is 3.14. The molecule has 0 amide bonds. The summed E-state index contributed by atoms with van der Waals surface area (Å²) in [7, 11) is 0. The number of halogens is 4. The summed E-state index contributed by atoms with van der Waals surface area (Å²) in [6.45, 7) is 1.56. The smallest absolute Gasteiger partial charge is 0.369 e. The second-order valence-electron chi connectivity index (χ2n) is 3.19. The summed E-state index contributed by atoms with van der Waals surface area (Å²) in [5, 5.41) is 11.2. The Morgan fingerprint density at radius 2 is 2.06 bits per heavy atom. The Labute approximate surface area is 99.2 Å². The Bertz CT molecular complexity index is 423. The molecule has 2 nitrogen and oxygen atoms in total. The summed E-state index contributed by atoms with van der Waals surface area (Å²) in [6, 6.07) is 4.58. The van der Waals surface area contributed by atoms with Gasteiger partial charge in [0, 0.05) is 4.47 Å². The van der Waals surface area contributed by atoms with Crippen LogP contribution in [0, 0.1) is 11.3 Å². The van der Waals surface area contributed by atoms with Crippen LogP contribution in [-0.2, 0) is 6.18 Å². The molecule has 0 aliphatic rings. The van der Waals surface area contributed by atoms with Crippen LogP contribution in [0.2, 0.25) is 0 Å². The monoisotopic (exact) mass is 292 g/mol. The number of nitrogens with one attached hydrogen (secondary N) is 1. The van der Waals surface area contributed by atoms with Crippen molar-refractivity contribution in [1.29, 1.82) is 5.26 Å². The Morgan fingerprint density at radius 1 is 1.44 bits per heavy atom. The molecule has 0 fully saturated rings. The van der Waals surface area contributed by atoms with E-state index in [2.05, 4.69) is 21.2 Å². The molecule has 6 heteroatoms. The zero-order chi connectivity index (χ0) is 12.3. The number of anilines is 1. The third-order valence-corrected chi connectivity index (χ3v) is 2.55. The predicted octanol–water partition coefficient (Wildman–Crippen LogP) is 3.79. The average Bonchev–Trinajstić information content (AvgIpc) is 2.19. The SMILES string of the molecule is CC(C#N)Nc1cc(C(F)(F)F)ccc1Br. The molecule has 0 saturated heterocycles. The van der Waals surface area contributed by atoms with Crippen LogP contribution >= 0.6 is 15.9 Å². The Hall–Kier alpha value is -1.22. The first-order chi connectivity index (χ1) is 7.34. The molecular weight excluding hydrogens is 285 g/mol. The van der Waals surface area contributed by atoms with Crippen LogP contribution in [0.5, 0.6) is 0 Å². The van der Waals surface area contributed by atoms with Gasteiger partial charge >= 0.3 is 6.18 Å². The van der Waals surface area contributed by atoms with E-state index in [9.17, 15) is 13.2 Å². The lowest BCUT2D eigenvalue weighted by Crippen LogP contribution is -2.13. The standard InChI is InChI=1S/C10H8BrF3N2/c1-6(5-15)16-9-4-7(10(12,13)14)2-3-8(9)11/h2-4,6,16H,1H3. The second-order valence-corrected chi connectivity index (χ2v) is 4.04. The minimum absolute atomic E-state index is 0.254. The van der Waals surface area contributed by atoms with E-state index in [4.69, 9.17) is 5.26 Å². The van der Waals surface area contributed by atoms with Gasteiger partial charge in [0.15, 0.2) is 0 Å².